The molecule has 0 N–H and O–H groups in total. The molecule has 4 nitrogen and oxygen atoms in total. The minimum Gasteiger partial charge on any atom is -0.455 e. The van der Waals surface area contributed by atoms with Crippen LogP contribution in [0.15, 0.2) is 155 Å². The third-order valence-electron chi connectivity index (χ3n) is 8.44. The standard InChI is InChI=1S/C40H24N2O2/c1-3-13-37-29(7-1)31-9-5-11-33(39(31)43-37)35-21-19-27(23-41-35)25-15-17-26(18-16-25)28-20-22-36(42-24-28)34-12-6-10-32-30-8-2-4-14-38(30)44-40(32)34/h1-24H. The summed E-state index contributed by atoms with van der Waals surface area (Å²) in [6.07, 6.45) is 3.86. The lowest BCUT2D eigenvalue weighted by molar-refractivity contribution is 0.669. The predicted molar refractivity (Wildman–Crippen MR) is 178 cm³/mol. The molecule has 0 unspecified atom stereocenters. The fourth-order valence-corrected chi connectivity index (χ4v) is 6.20. The van der Waals surface area contributed by atoms with Gasteiger partial charge in [-0.25, -0.2) is 0 Å². The fourth-order valence-electron chi connectivity index (χ4n) is 6.20. The Labute approximate surface area is 252 Å². The van der Waals surface area contributed by atoms with Gasteiger partial charge in [-0.3, -0.25) is 9.97 Å². The molecule has 4 heterocycles. The average molecular weight is 565 g/mol. The molecule has 0 fully saturated rings. The van der Waals surface area contributed by atoms with Gasteiger partial charge in [0.15, 0.2) is 0 Å². The third kappa shape index (κ3) is 3.92. The van der Waals surface area contributed by atoms with Crippen molar-refractivity contribution in [1.29, 1.82) is 0 Å². The summed E-state index contributed by atoms with van der Waals surface area (Å²) in [4.78, 5) is 9.64. The molecule has 5 aromatic carbocycles. The molecule has 0 aliphatic heterocycles. The molecule has 4 aromatic heterocycles. The first-order valence-electron chi connectivity index (χ1n) is 14.6. The van der Waals surface area contributed by atoms with E-state index in [-0.39, 0.29) is 0 Å². The van der Waals surface area contributed by atoms with Gasteiger partial charge in [0.25, 0.3) is 0 Å². The Morgan fingerprint density at radius 3 is 1.18 bits per heavy atom. The first kappa shape index (κ1) is 24.6. The van der Waals surface area contributed by atoms with E-state index in [0.29, 0.717) is 0 Å². The maximum Gasteiger partial charge on any atom is 0.144 e. The molecule has 0 radical (unpaired) electrons. The number of hydrogen-bond donors (Lipinski definition) is 0. The molecule has 0 aliphatic carbocycles. The molecule has 0 amide bonds. The van der Waals surface area contributed by atoms with Gasteiger partial charge in [0.2, 0.25) is 0 Å². The Bertz CT molecular complexity index is 2290. The van der Waals surface area contributed by atoms with Crippen molar-refractivity contribution in [1.82, 2.24) is 9.97 Å². The molecular weight excluding hydrogens is 540 g/mol. The zero-order chi connectivity index (χ0) is 29.0. The van der Waals surface area contributed by atoms with Gasteiger partial charge in [-0.1, -0.05) is 97.1 Å². The molecule has 0 aliphatic rings. The Morgan fingerprint density at radius 1 is 0.341 bits per heavy atom. The Morgan fingerprint density at radius 2 is 0.750 bits per heavy atom. The highest BCUT2D eigenvalue weighted by atomic mass is 16.3. The maximum atomic E-state index is 6.22. The van der Waals surface area contributed by atoms with Crippen LogP contribution in [0.25, 0.3) is 88.6 Å². The molecule has 9 aromatic rings. The Hall–Kier alpha value is -6.00. The highest BCUT2D eigenvalue weighted by Crippen LogP contribution is 2.37. The summed E-state index contributed by atoms with van der Waals surface area (Å²) in [5.74, 6) is 0. The van der Waals surface area contributed by atoms with Crippen LogP contribution in [0.4, 0.5) is 0 Å². The van der Waals surface area contributed by atoms with Crippen LogP contribution >= 0.6 is 0 Å². The van der Waals surface area contributed by atoms with Gasteiger partial charge in [-0.05, 0) is 47.5 Å². The van der Waals surface area contributed by atoms with Crippen LogP contribution in [-0.4, -0.2) is 9.97 Å². The Kier molecular flexibility index (Phi) is 5.47. The fraction of sp³-hybridized carbons (Fsp3) is 0. The lowest BCUT2D eigenvalue weighted by Crippen LogP contribution is -1.87. The van der Waals surface area contributed by atoms with Crippen molar-refractivity contribution in [2.45, 2.75) is 0 Å². The van der Waals surface area contributed by atoms with E-state index in [1.807, 2.05) is 48.8 Å². The van der Waals surface area contributed by atoms with Crippen LogP contribution in [0.5, 0.6) is 0 Å². The van der Waals surface area contributed by atoms with Crippen LogP contribution in [-0.2, 0) is 0 Å². The zero-order valence-electron chi connectivity index (χ0n) is 23.6. The van der Waals surface area contributed by atoms with E-state index in [1.54, 1.807) is 0 Å². The van der Waals surface area contributed by atoms with E-state index in [1.165, 1.54) is 0 Å². The third-order valence-corrected chi connectivity index (χ3v) is 8.44. The number of benzene rings is 5. The molecule has 9 rings (SSSR count). The second kappa shape index (κ2) is 9.79. The molecular formula is C40H24N2O2. The minimum atomic E-state index is 0.868. The normalized spacial score (nSPS) is 11.6. The highest BCUT2D eigenvalue weighted by molar-refractivity contribution is 6.10. The zero-order valence-corrected chi connectivity index (χ0v) is 23.6. The summed E-state index contributed by atoms with van der Waals surface area (Å²) in [7, 11) is 0. The van der Waals surface area contributed by atoms with Crippen molar-refractivity contribution < 1.29 is 8.83 Å². The van der Waals surface area contributed by atoms with Crippen molar-refractivity contribution in [2.24, 2.45) is 0 Å². The highest BCUT2D eigenvalue weighted by Gasteiger charge is 2.14. The maximum absolute atomic E-state index is 6.22. The van der Waals surface area contributed by atoms with Gasteiger partial charge in [-0.15, -0.1) is 0 Å². The first-order chi connectivity index (χ1) is 21.8. The summed E-state index contributed by atoms with van der Waals surface area (Å²) in [5.41, 5.74) is 11.6. The largest absolute Gasteiger partial charge is 0.455 e. The number of nitrogens with zero attached hydrogens (tertiary/aromatic N) is 2. The Balaban J connectivity index is 0.986. The molecule has 0 bridgehead atoms. The summed E-state index contributed by atoms with van der Waals surface area (Å²) >= 11 is 0. The number of aromatic nitrogens is 2. The number of fused-ring (bicyclic) bond motifs is 6. The number of rotatable bonds is 4. The van der Waals surface area contributed by atoms with Gasteiger partial charge in [0, 0.05) is 56.2 Å². The summed E-state index contributed by atoms with van der Waals surface area (Å²) < 4.78 is 12.4. The molecule has 44 heavy (non-hydrogen) atoms. The van der Waals surface area contributed by atoms with E-state index < -0.39 is 0 Å². The topological polar surface area (TPSA) is 52.1 Å². The van der Waals surface area contributed by atoms with E-state index >= 15 is 0 Å². The van der Waals surface area contributed by atoms with Crippen LogP contribution < -0.4 is 0 Å². The lowest BCUT2D eigenvalue weighted by atomic mass is 10.0. The summed E-state index contributed by atoms with van der Waals surface area (Å²) in [5, 5.41) is 4.45. The second-order valence-corrected chi connectivity index (χ2v) is 11.0. The molecule has 0 saturated carbocycles. The monoisotopic (exact) mass is 564 g/mol. The van der Waals surface area contributed by atoms with Crippen LogP contribution in [0.3, 0.4) is 0 Å². The van der Waals surface area contributed by atoms with E-state index in [4.69, 9.17) is 18.8 Å². The van der Waals surface area contributed by atoms with Crippen molar-refractivity contribution in [3.05, 3.63) is 146 Å². The number of hydrogen-bond acceptors (Lipinski definition) is 4. The second-order valence-electron chi connectivity index (χ2n) is 11.0. The quantitative estimate of drug-likeness (QED) is 0.213. The smallest absolute Gasteiger partial charge is 0.144 e. The molecule has 0 saturated heterocycles. The van der Waals surface area contributed by atoms with Gasteiger partial charge in [0.1, 0.15) is 22.3 Å². The van der Waals surface area contributed by atoms with Gasteiger partial charge in [-0.2, -0.15) is 0 Å². The summed E-state index contributed by atoms with van der Waals surface area (Å²) in [6.45, 7) is 0. The molecule has 0 spiro atoms. The molecule has 0 atom stereocenters. The lowest BCUT2D eigenvalue weighted by Gasteiger charge is -2.07. The van der Waals surface area contributed by atoms with Crippen LogP contribution in [0, 0.1) is 0 Å². The number of furan rings is 2. The van der Waals surface area contributed by atoms with Gasteiger partial charge >= 0.3 is 0 Å². The molecule has 206 valence electrons. The number of para-hydroxylation sites is 4. The predicted octanol–water partition coefficient (Wildman–Crippen LogP) is 10.9. The van der Waals surface area contributed by atoms with Crippen molar-refractivity contribution in [3.8, 4) is 44.8 Å². The molecule has 4 heteroatoms. The summed E-state index contributed by atoms with van der Waals surface area (Å²) in [6, 6.07) is 45.7. The van der Waals surface area contributed by atoms with Crippen LogP contribution in [0.2, 0.25) is 0 Å². The average Bonchev–Trinajstić information content (AvgIpc) is 3.67. The van der Waals surface area contributed by atoms with Crippen molar-refractivity contribution in [3.63, 3.8) is 0 Å². The van der Waals surface area contributed by atoms with Gasteiger partial charge < -0.3 is 8.83 Å². The van der Waals surface area contributed by atoms with Gasteiger partial charge in [0.05, 0.1) is 11.4 Å². The van der Waals surface area contributed by atoms with Crippen LogP contribution in [0.1, 0.15) is 0 Å². The number of pyridine rings is 2. The van der Waals surface area contributed by atoms with Crippen molar-refractivity contribution in [2.75, 3.05) is 0 Å². The first-order valence-corrected chi connectivity index (χ1v) is 14.6. The van der Waals surface area contributed by atoms with Crippen molar-refractivity contribution >= 4 is 43.9 Å². The van der Waals surface area contributed by atoms with E-state index in [2.05, 4.69) is 97.1 Å². The minimum absolute atomic E-state index is 0.868. The SMILES string of the molecule is c1ccc2c(c1)oc1c(-c3ccc(-c4ccc(-c5ccc(-c6cccc7c6oc6ccccc67)nc5)cc4)cn3)cccc12. The van der Waals surface area contributed by atoms with E-state index in [0.717, 1.165) is 88.6 Å². The van der Waals surface area contributed by atoms with E-state index in [9.17, 15) is 0 Å².